The number of carbonyl (C=O) groups is 1. The molecule has 1 atom stereocenters. The van der Waals surface area contributed by atoms with Crippen LogP contribution >= 0.6 is 11.3 Å². The Kier molecular flexibility index (Phi) is 5.45. The first kappa shape index (κ1) is 16.1. The Balaban J connectivity index is 1.95. The molecule has 0 aliphatic heterocycles. The van der Waals surface area contributed by atoms with Crippen molar-refractivity contribution in [3.63, 3.8) is 0 Å². The van der Waals surface area contributed by atoms with Gasteiger partial charge in [-0.15, -0.1) is 0 Å². The first-order chi connectivity index (χ1) is 9.97. The molecule has 0 bridgehead atoms. The van der Waals surface area contributed by atoms with Crippen LogP contribution < -0.4 is 16.4 Å². The second-order valence-electron chi connectivity index (χ2n) is 6.31. The molecule has 4 N–H and O–H groups in total. The SMILES string of the molecule is CC(C)CNc1nc(N)c(C(=O)NC(C)C2CCCC2)s1. The average molecular weight is 310 g/mol. The summed E-state index contributed by atoms with van der Waals surface area (Å²) in [7, 11) is 0. The van der Waals surface area contributed by atoms with E-state index >= 15 is 0 Å². The van der Waals surface area contributed by atoms with Gasteiger partial charge in [0, 0.05) is 12.6 Å². The van der Waals surface area contributed by atoms with Gasteiger partial charge in [0.1, 0.15) is 10.7 Å². The number of carbonyl (C=O) groups excluding carboxylic acids is 1. The van der Waals surface area contributed by atoms with Crippen LogP contribution in [0.3, 0.4) is 0 Å². The van der Waals surface area contributed by atoms with Crippen LogP contribution in [0, 0.1) is 11.8 Å². The number of nitrogens with two attached hydrogens (primary N) is 1. The molecule has 1 fully saturated rings. The molecule has 2 rings (SSSR count). The highest BCUT2D eigenvalue weighted by Crippen LogP contribution is 2.29. The maximum Gasteiger partial charge on any atom is 0.265 e. The maximum atomic E-state index is 12.3. The Morgan fingerprint density at radius 2 is 2.05 bits per heavy atom. The fourth-order valence-electron chi connectivity index (χ4n) is 2.71. The maximum absolute atomic E-state index is 12.3. The molecule has 6 heteroatoms. The van der Waals surface area contributed by atoms with Gasteiger partial charge in [-0.25, -0.2) is 4.98 Å². The first-order valence-electron chi connectivity index (χ1n) is 7.78. The largest absolute Gasteiger partial charge is 0.382 e. The molecule has 1 aliphatic rings. The third-order valence-corrected chi connectivity index (χ3v) is 5.01. The van der Waals surface area contributed by atoms with E-state index in [1.54, 1.807) is 0 Å². The molecule has 0 saturated heterocycles. The van der Waals surface area contributed by atoms with Crippen molar-refractivity contribution in [3.8, 4) is 0 Å². The van der Waals surface area contributed by atoms with Gasteiger partial charge in [0.25, 0.3) is 5.91 Å². The van der Waals surface area contributed by atoms with E-state index in [2.05, 4.69) is 36.4 Å². The van der Waals surface area contributed by atoms with Gasteiger partial charge in [0.15, 0.2) is 5.13 Å². The number of hydrogen-bond donors (Lipinski definition) is 3. The van der Waals surface area contributed by atoms with Gasteiger partial charge in [-0.3, -0.25) is 4.79 Å². The average Bonchev–Trinajstić information content (AvgIpc) is 3.05. The molecule has 0 radical (unpaired) electrons. The zero-order valence-electron chi connectivity index (χ0n) is 13.1. The van der Waals surface area contributed by atoms with Crippen molar-refractivity contribution in [3.05, 3.63) is 4.88 Å². The van der Waals surface area contributed by atoms with Crippen molar-refractivity contribution in [1.29, 1.82) is 0 Å². The molecule has 0 spiro atoms. The summed E-state index contributed by atoms with van der Waals surface area (Å²) in [6.07, 6.45) is 4.97. The molecule has 1 aromatic heterocycles. The van der Waals surface area contributed by atoms with Gasteiger partial charge >= 0.3 is 0 Å². The van der Waals surface area contributed by atoms with Crippen LogP contribution in [0.5, 0.6) is 0 Å². The van der Waals surface area contributed by atoms with E-state index < -0.39 is 0 Å². The number of rotatable bonds is 6. The highest BCUT2D eigenvalue weighted by Gasteiger charge is 2.25. The van der Waals surface area contributed by atoms with Crippen molar-refractivity contribution in [1.82, 2.24) is 10.3 Å². The number of nitrogen functional groups attached to an aromatic ring is 1. The lowest BCUT2D eigenvalue weighted by atomic mass is 10.00. The van der Waals surface area contributed by atoms with Crippen LogP contribution in [0.1, 0.15) is 56.1 Å². The van der Waals surface area contributed by atoms with Crippen LogP contribution in [-0.4, -0.2) is 23.5 Å². The second-order valence-corrected chi connectivity index (χ2v) is 7.31. The number of nitrogens with zero attached hydrogens (tertiary/aromatic N) is 1. The number of amides is 1. The zero-order chi connectivity index (χ0) is 15.4. The smallest absolute Gasteiger partial charge is 0.265 e. The number of aromatic nitrogens is 1. The molecular formula is C15H26N4OS. The predicted molar refractivity (Wildman–Crippen MR) is 88.7 cm³/mol. The Labute approximate surface area is 130 Å². The van der Waals surface area contributed by atoms with Crippen molar-refractivity contribution >= 4 is 28.2 Å². The lowest BCUT2D eigenvalue weighted by Crippen LogP contribution is -2.37. The van der Waals surface area contributed by atoms with Crippen LogP contribution in [0.4, 0.5) is 10.9 Å². The molecule has 5 nitrogen and oxygen atoms in total. The predicted octanol–water partition coefficient (Wildman–Crippen LogP) is 3.10. The summed E-state index contributed by atoms with van der Waals surface area (Å²) in [6, 6.07) is 0.202. The van der Waals surface area contributed by atoms with Gasteiger partial charge in [-0.05, 0) is 31.6 Å². The van der Waals surface area contributed by atoms with E-state index in [4.69, 9.17) is 5.73 Å². The van der Waals surface area contributed by atoms with E-state index in [0.29, 0.717) is 22.5 Å². The quantitative estimate of drug-likeness (QED) is 0.754. The summed E-state index contributed by atoms with van der Waals surface area (Å²) in [4.78, 5) is 17.1. The Hall–Kier alpha value is -1.30. The highest BCUT2D eigenvalue weighted by atomic mass is 32.1. The number of thiazole rings is 1. The minimum Gasteiger partial charge on any atom is -0.382 e. The second kappa shape index (κ2) is 7.11. The van der Waals surface area contributed by atoms with Gasteiger partial charge in [0.2, 0.25) is 0 Å². The van der Waals surface area contributed by atoms with Crippen molar-refractivity contribution in [2.75, 3.05) is 17.6 Å². The monoisotopic (exact) mass is 310 g/mol. The molecule has 1 heterocycles. The normalized spacial score (nSPS) is 17.1. The number of hydrogen-bond acceptors (Lipinski definition) is 5. The van der Waals surface area contributed by atoms with E-state index in [9.17, 15) is 4.79 Å². The van der Waals surface area contributed by atoms with Gasteiger partial charge in [-0.2, -0.15) is 0 Å². The molecule has 21 heavy (non-hydrogen) atoms. The van der Waals surface area contributed by atoms with Crippen molar-refractivity contribution in [2.45, 2.75) is 52.5 Å². The fraction of sp³-hybridized carbons (Fsp3) is 0.733. The van der Waals surface area contributed by atoms with Crippen LogP contribution in [0.25, 0.3) is 0 Å². The molecule has 1 saturated carbocycles. The van der Waals surface area contributed by atoms with E-state index in [1.807, 2.05) is 0 Å². The number of anilines is 2. The topological polar surface area (TPSA) is 80.0 Å². The minimum atomic E-state index is -0.0954. The third-order valence-electron chi connectivity index (χ3n) is 3.99. The summed E-state index contributed by atoms with van der Waals surface area (Å²) >= 11 is 1.33. The Morgan fingerprint density at radius 1 is 1.38 bits per heavy atom. The number of nitrogens with one attached hydrogen (secondary N) is 2. The summed E-state index contributed by atoms with van der Waals surface area (Å²) in [5.41, 5.74) is 5.88. The molecule has 1 aromatic rings. The van der Waals surface area contributed by atoms with E-state index in [0.717, 1.165) is 11.7 Å². The minimum absolute atomic E-state index is 0.0954. The van der Waals surface area contributed by atoms with Gasteiger partial charge in [0.05, 0.1) is 0 Å². The summed E-state index contributed by atoms with van der Waals surface area (Å²) in [5, 5.41) is 7.02. The standard InChI is InChI=1S/C15H26N4OS/c1-9(2)8-17-15-19-13(16)12(21-15)14(20)18-10(3)11-6-4-5-7-11/h9-11H,4-8,16H2,1-3H3,(H,17,19)(H,18,20). The molecule has 0 aromatic carbocycles. The lowest BCUT2D eigenvalue weighted by molar-refractivity contribution is 0.0932. The Bertz CT molecular complexity index is 480. The summed E-state index contributed by atoms with van der Waals surface area (Å²) < 4.78 is 0. The Morgan fingerprint density at radius 3 is 2.67 bits per heavy atom. The molecule has 1 aliphatic carbocycles. The fourth-order valence-corrected chi connectivity index (χ4v) is 3.50. The van der Waals surface area contributed by atoms with Crippen LogP contribution in [0.2, 0.25) is 0 Å². The highest BCUT2D eigenvalue weighted by molar-refractivity contribution is 7.18. The molecule has 118 valence electrons. The van der Waals surface area contributed by atoms with E-state index in [1.165, 1.54) is 37.0 Å². The lowest BCUT2D eigenvalue weighted by Gasteiger charge is -2.19. The van der Waals surface area contributed by atoms with Crippen molar-refractivity contribution in [2.24, 2.45) is 11.8 Å². The van der Waals surface area contributed by atoms with Gasteiger partial charge < -0.3 is 16.4 Å². The third kappa shape index (κ3) is 4.33. The summed E-state index contributed by atoms with van der Waals surface area (Å²) in [6.45, 7) is 7.16. The molecular weight excluding hydrogens is 284 g/mol. The first-order valence-corrected chi connectivity index (χ1v) is 8.60. The van der Waals surface area contributed by atoms with Gasteiger partial charge in [-0.1, -0.05) is 38.0 Å². The summed E-state index contributed by atoms with van der Waals surface area (Å²) in [5.74, 6) is 1.35. The van der Waals surface area contributed by atoms with Crippen LogP contribution in [-0.2, 0) is 0 Å². The van der Waals surface area contributed by atoms with Crippen molar-refractivity contribution < 1.29 is 4.79 Å². The zero-order valence-corrected chi connectivity index (χ0v) is 13.9. The molecule has 1 amide bonds. The van der Waals surface area contributed by atoms with E-state index in [-0.39, 0.29) is 11.9 Å². The molecule has 1 unspecified atom stereocenters. The van der Waals surface area contributed by atoms with Crippen LogP contribution in [0.15, 0.2) is 0 Å².